The van der Waals surface area contributed by atoms with Gasteiger partial charge in [-0.2, -0.15) is 0 Å². The molecule has 0 aromatic rings. The molecule has 1 saturated heterocycles. The van der Waals surface area contributed by atoms with Gasteiger partial charge in [0.05, 0.1) is 6.54 Å². The number of halogens is 1. The van der Waals surface area contributed by atoms with Gasteiger partial charge >= 0.3 is 0 Å². The van der Waals surface area contributed by atoms with Gasteiger partial charge in [-0.25, -0.2) is 0 Å². The maximum absolute atomic E-state index is 11.9. The lowest BCUT2D eigenvalue weighted by Crippen LogP contribution is -2.44. The van der Waals surface area contributed by atoms with E-state index < -0.39 is 0 Å². The molecule has 1 heterocycles. The third-order valence-corrected chi connectivity index (χ3v) is 3.76. The zero-order valence-corrected chi connectivity index (χ0v) is 16.1. The number of rotatable bonds is 6. The number of nitrogens with zero attached hydrogens (tertiary/aromatic N) is 2. The zero-order valence-electron chi connectivity index (χ0n) is 13.8. The van der Waals surface area contributed by atoms with Crippen molar-refractivity contribution < 1.29 is 4.79 Å². The molecule has 2 N–H and O–H groups in total. The average molecular weight is 410 g/mol. The first-order valence-electron chi connectivity index (χ1n) is 7.87. The summed E-state index contributed by atoms with van der Waals surface area (Å²) in [5.74, 6) is 1.59. The molecule has 0 aromatic heterocycles. The highest BCUT2D eigenvalue weighted by atomic mass is 127. The number of hydrogen-bond acceptors (Lipinski definition) is 2. The summed E-state index contributed by atoms with van der Waals surface area (Å²) in [6.07, 6.45) is 2.79. The predicted molar refractivity (Wildman–Crippen MR) is 99.3 cm³/mol. The van der Waals surface area contributed by atoms with E-state index in [4.69, 9.17) is 0 Å². The first-order valence-corrected chi connectivity index (χ1v) is 7.87. The minimum absolute atomic E-state index is 0. The summed E-state index contributed by atoms with van der Waals surface area (Å²) >= 11 is 0. The van der Waals surface area contributed by atoms with E-state index in [1.54, 1.807) is 0 Å². The third kappa shape index (κ3) is 7.87. The van der Waals surface area contributed by atoms with Crippen LogP contribution in [0.3, 0.4) is 0 Å². The largest absolute Gasteiger partial charge is 0.357 e. The van der Waals surface area contributed by atoms with E-state index in [0.717, 1.165) is 38.4 Å². The first-order chi connectivity index (χ1) is 9.54. The lowest BCUT2D eigenvalue weighted by molar-refractivity contribution is -0.129. The van der Waals surface area contributed by atoms with Crippen molar-refractivity contribution in [1.29, 1.82) is 0 Å². The molecule has 1 unspecified atom stereocenters. The third-order valence-electron chi connectivity index (χ3n) is 3.76. The maximum Gasteiger partial charge on any atom is 0.224 e. The molecule has 0 spiro atoms. The second kappa shape index (κ2) is 11.1. The molecule has 1 amide bonds. The van der Waals surface area contributed by atoms with Crippen LogP contribution in [0.2, 0.25) is 0 Å². The number of carbonyl (C=O) groups excluding carboxylic acids is 1. The first kappa shape index (κ1) is 20.5. The summed E-state index contributed by atoms with van der Waals surface area (Å²) in [6, 6.07) is 0.363. The summed E-state index contributed by atoms with van der Waals surface area (Å²) in [6.45, 7) is 11.8. The average Bonchev–Trinajstić information content (AvgIpc) is 2.92. The van der Waals surface area contributed by atoms with E-state index in [1.165, 1.54) is 0 Å². The topological polar surface area (TPSA) is 56.7 Å². The van der Waals surface area contributed by atoms with E-state index in [-0.39, 0.29) is 29.9 Å². The van der Waals surface area contributed by atoms with Crippen LogP contribution >= 0.6 is 24.0 Å². The van der Waals surface area contributed by atoms with Crippen molar-refractivity contribution in [3.63, 3.8) is 0 Å². The van der Waals surface area contributed by atoms with Crippen molar-refractivity contribution in [2.24, 2.45) is 10.9 Å². The van der Waals surface area contributed by atoms with Crippen LogP contribution in [-0.4, -0.2) is 49.0 Å². The number of hydrogen-bond donors (Lipinski definition) is 2. The Labute approximate surface area is 146 Å². The highest BCUT2D eigenvalue weighted by Gasteiger charge is 2.17. The molecule has 1 atom stereocenters. The maximum atomic E-state index is 11.9. The van der Waals surface area contributed by atoms with E-state index >= 15 is 0 Å². The minimum Gasteiger partial charge on any atom is -0.357 e. The molecule has 1 rings (SSSR count). The Morgan fingerprint density at radius 3 is 2.38 bits per heavy atom. The van der Waals surface area contributed by atoms with Crippen molar-refractivity contribution in [2.45, 2.75) is 53.0 Å². The number of nitrogens with one attached hydrogen (secondary N) is 2. The molecule has 1 aliphatic rings. The molecule has 0 radical (unpaired) electrons. The molecule has 0 aromatic carbocycles. The molecule has 0 saturated carbocycles. The van der Waals surface area contributed by atoms with Gasteiger partial charge in [0.15, 0.2) is 5.96 Å². The molecule has 1 aliphatic heterocycles. The van der Waals surface area contributed by atoms with Crippen molar-refractivity contribution in [1.82, 2.24) is 15.5 Å². The van der Waals surface area contributed by atoms with Crippen molar-refractivity contribution in [3.05, 3.63) is 0 Å². The monoisotopic (exact) mass is 410 g/mol. The Morgan fingerprint density at radius 2 is 1.86 bits per heavy atom. The Bertz CT molecular complexity index is 328. The molecule has 21 heavy (non-hydrogen) atoms. The Morgan fingerprint density at radius 1 is 1.24 bits per heavy atom. The summed E-state index contributed by atoms with van der Waals surface area (Å²) < 4.78 is 0. The van der Waals surface area contributed by atoms with Gasteiger partial charge in [-0.05, 0) is 32.6 Å². The van der Waals surface area contributed by atoms with Gasteiger partial charge in [-0.3, -0.25) is 9.79 Å². The van der Waals surface area contributed by atoms with E-state index in [1.807, 2.05) is 11.8 Å². The van der Waals surface area contributed by atoms with E-state index in [0.29, 0.717) is 24.9 Å². The lowest BCUT2D eigenvalue weighted by atomic mass is 10.1. The smallest absolute Gasteiger partial charge is 0.224 e. The number of amides is 1. The summed E-state index contributed by atoms with van der Waals surface area (Å²) in [4.78, 5) is 18.4. The highest BCUT2D eigenvalue weighted by Crippen LogP contribution is 2.08. The Hall–Kier alpha value is -0.530. The van der Waals surface area contributed by atoms with Gasteiger partial charge in [-0.15, -0.1) is 24.0 Å². The van der Waals surface area contributed by atoms with Crippen molar-refractivity contribution >= 4 is 35.8 Å². The summed E-state index contributed by atoms with van der Waals surface area (Å²) in [7, 11) is 0. The normalized spacial score (nSPS) is 16.6. The van der Waals surface area contributed by atoms with Crippen LogP contribution in [0.15, 0.2) is 4.99 Å². The fraction of sp³-hybridized carbons (Fsp3) is 0.867. The van der Waals surface area contributed by atoms with Gasteiger partial charge in [0, 0.05) is 32.1 Å². The number of aliphatic imine (C=N–C) groups is 1. The lowest BCUT2D eigenvalue weighted by Gasteiger charge is -2.21. The predicted octanol–water partition coefficient (Wildman–Crippen LogP) is 2.22. The second-order valence-electron chi connectivity index (χ2n) is 5.78. The van der Waals surface area contributed by atoms with Crippen LogP contribution in [0.4, 0.5) is 0 Å². The van der Waals surface area contributed by atoms with Crippen molar-refractivity contribution in [2.75, 3.05) is 26.2 Å². The van der Waals surface area contributed by atoms with E-state index in [9.17, 15) is 4.79 Å². The van der Waals surface area contributed by atoms with Crippen LogP contribution < -0.4 is 10.6 Å². The molecule has 0 aliphatic carbocycles. The minimum atomic E-state index is 0. The molecule has 1 fully saturated rings. The second-order valence-corrected chi connectivity index (χ2v) is 5.78. The molecule has 6 heteroatoms. The summed E-state index contributed by atoms with van der Waals surface area (Å²) in [5.41, 5.74) is 0. The van der Waals surface area contributed by atoms with E-state index in [2.05, 4.69) is 36.4 Å². The van der Waals surface area contributed by atoms with Gasteiger partial charge in [0.2, 0.25) is 5.91 Å². The molecule has 0 bridgehead atoms. The van der Waals surface area contributed by atoms with Crippen LogP contribution in [0.25, 0.3) is 0 Å². The SMILES string of the molecule is CCNC(=NCCC(=O)N1CCCC1)NC(C)C(C)C.I. The number of guanidine groups is 1. The number of carbonyl (C=O) groups is 1. The summed E-state index contributed by atoms with van der Waals surface area (Å²) in [5, 5.41) is 6.60. The fourth-order valence-corrected chi connectivity index (χ4v) is 2.09. The van der Waals surface area contributed by atoms with Crippen LogP contribution in [0, 0.1) is 5.92 Å². The van der Waals surface area contributed by atoms with Crippen LogP contribution in [0.1, 0.15) is 47.0 Å². The zero-order chi connectivity index (χ0) is 15.0. The molecular formula is C15H31IN4O. The van der Waals surface area contributed by atoms with Crippen LogP contribution in [0.5, 0.6) is 0 Å². The quantitative estimate of drug-likeness (QED) is 0.401. The van der Waals surface area contributed by atoms with Gasteiger partial charge in [-0.1, -0.05) is 13.8 Å². The van der Waals surface area contributed by atoms with Crippen LogP contribution in [-0.2, 0) is 4.79 Å². The van der Waals surface area contributed by atoms with Gasteiger partial charge < -0.3 is 15.5 Å². The molecular weight excluding hydrogens is 379 g/mol. The Kier molecular flexibility index (Phi) is 10.8. The highest BCUT2D eigenvalue weighted by molar-refractivity contribution is 14.0. The standard InChI is InChI=1S/C15H30N4O.HI/c1-5-16-15(18-13(4)12(2)3)17-9-8-14(20)19-10-6-7-11-19;/h12-13H,5-11H2,1-4H3,(H2,16,17,18);1H. The molecule has 124 valence electrons. The van der Waals surface area contributed by atoms with Gasteiger partial charge in [0.1, 0.15) is 0 Å². The molecule has 5 nitrogen and oxygen atoms in total. The Balaban J connectivity index is 0.00000400. The number of likely N-dealkylation sites (tertiary alicyclic amines) is 1. The van der Waals surface area contributed by atoms with Crippen molar-refractivity contribution in [3.8, 4) is 0 Å². The van der Waals surface area contributed by atoms with Gasteiger partial charge in [0.25, 0.3) is 0 Å². The fourth-order valence-electron chi connectivity index (χ4n) is 2.09.